The van der Waals surface area contributed by atoms with Gasteiger partial charge < -0.3 is 4.90 Å². The topological polar surface area (TPSA) is 67.1 Å². The molecular formula is C13H14ClN5. The number of benzene rings is 1. The lowest BCUT2D eigenvalue weighted by molar-refractivity contribution is 0.749. The van der Waals surface area contributed by atoms with E-state index in [2.05, 4.69) is 39.4 Å². The van der Waals surface area contributed by atoms with Gasteiger partial charge in [-0.2, -0.15) is 4.98 Å². The van der Waals surface area contributed by atoms with E-state index in [0.29, 0.717) is 22.8 Å². The molecule has 1 aliphatic heterocycles. The van der Waals surface area contributed by atoms with E-state index in [4.69, 9.17) is 17.4 Å². The van der Waals surface area contributed by atoms with Gasteiger partial charge in [0.25, 0.3) is 0 Å². The molecule has 0 bridgehead atoms. The lowest BCUT2D eigenvalue weighted by Gasteiger charge is -2.24. The number of aromatic nitrogens is 2. The van der Waals surface area contributed by atoms with E-state index in [0.717, 1.165) is 12.1 Å². The fourth-order valence-electron chi connectivity index (χ4n) is 2.48. The SMILES string of the molecule is CC1Cc2ccccc2N1c1nc(NN)ncc1Cl. The van der Waals surface area contributed by atoms with Crippen LogP contribution < -0.4 is 16.2 Å². The van der Waals surface area contributed by atoms with Crippen molar-refractivity contribution in [3.8, 4) is 0 Å². The van der Waals surface area contributed by atoms with Gasteiger partial charge in [0, 0.05) is 11.7 Å². The van der Waals surface area contributed by atoms with Crippen molar-refractivity contribution in [2.24, 2.45) is 5.84 Å². The summed E-state index contributed by atoms with van der Waals surface area (Å²) in [4.78, 5) is 10.5. The number of nitrogens with one attached hydrogen (secondary N) is 1. The van der Waals surface area contributed by atoms with E-state index in [-0.39, 0.29) is 0 Å². The second kappa shape index (κ2) is 4.68. The van der Waals surface area contributed by atoms with Crippen LogP contribution in [0.4, 0.5) is 17.5 Å². The second-order valence-corrected chi connectivity index (χ2v) is 4.97. The number of hydrogen-bond donors (Lipinski definition) is 2. The summed E-state index contributed by atoms with van der Waals surface area (Å²) in [6.07, 6.45) is 2.54. The molecule has 1 unspecified atom stereocenters. The summed E-state index contributed by atoms with van der Waals surface area (Å²) in [7, 11) is 0. The summed E-state index contributed by atoms with van der Waals surface area (Å²) in [6.45, 7) is 2.15. The van der Waals surface area contributed by atoms with Gasteiger partial charge in [-0.25, -0.2) is 10.8 Å². The van der Waals surface area contributed by atoms with Crippen molar-refractivity contribution in [1.29, 1.82) is 0 Å². The van der Waals surface area contributed by atoms with Crippen LogP contribution in [0.15, 0.2) is 30.5 Å². The van der Waals surface area contributed by atoms with E-state index >= 15 is 0 Å². The fourth-order valence-corrected chi connectivity index (χ4v) is 2.67. The number of hydrogen-bond acceptors (Lipinski definition) is 5. The van der Waals surface area contributed by atoms with Crippen LogP contribution in [0.2, 0.25) is 5.02 Å². The molecule has 0 radical (unpaired) electrons. The van der Waals surface area contributed by atoms with Gasteiger partial charge in [0.1, 0.15) is 5.02 Å². The minimum atomic E-state index is 0.301. The zero-order chi connectivity index (χ0) is 13.4. The Labute approximate surface area is 116 Å². The molecule has 5 nitrogen and oxygen atoms in total. The molecule has 3 N–H and O–H groups in total. The highest BCUT2D eigenvalue weighted by atomic mass is 35.5. The van der Waals surface area contributed by atoms with E-state index < -0.39 is 0 Å². The van der Waals surface area contributed by atoms with Crippen LogP contribution in [0.25, 0.3) is 0 Å². The Morgan fingerprint density at radius 2 is 2.21 bits per heavy atom. The molecule has 2 aromatic rings. The minimum Gasteiger partial charge on any atom is -0.322 e. The first-order valence-electron chi connectivity index (χ1n) is 6.07. The third-order valence-electron chi connectivity index (χ3n) is 3.29. The highest BCUT2D eigenvalue weighted by Gasteiger charge is 2.29. The molecule has 1 aromatic heterocycles. The number of nitrogen functional groups attached to an aromatic ring is 1. The Hall–Kier alpha value is -1.85. The summed E-state index contributed by atoms with van der Waals surface area (Å²) in [5.74, 6) is 6.40. The van der Waals surface area contributed by atoms with Gasteiger partial charge in [0.2, 0.25) is 5.95 Å². The summed E-state index contributed by atoms with van der Waals surface area (Å²) in [6, 6.07) is 8.57. The van der Waals surface area contributed by atoms with Gasteiger partial charge in [-0.1, -0.05) is 29.8 Å². The summed E-state index contributed by atoms with van der Waals surface area (Å²) < 4.78 is 0. The largest absolute Gasteiger partial charge is 0.322 e. The van der Waals surface area contributed by atoms with Gasteiger partial charge in [0.15, 0.2) is 5.82 Å². The normalized spacial score (nSPS) is 17.4. The van der Waals surface area contributed by atoms with Gasteiger partial charge >= 0.3 is 0 Å². The number of rotatable bonds is 2. The second-order valence-electron chi connectivity index (χ2n) is 4.56. The Bertz CT molecular complexity index is 616. The third-order valence-corrected chi connectivity index (χ3v) is 3.56. The molecule has 3 rings (SSSR count). The molecule has 1 aromatic carbocycles. The average molecular weight is 276 g/mol. The predicted octanol–water partition coefficient (Wildman–Crippen LogP) is 2.50. The van der Waals surface area contributed by atoms with Crippen LogP contribution >= 0.6 is 11.6 Å². The Kier molecular flexibility index (Phi) is 3.00. The summed E-state index contributed by atoms with van der Waals surface area (Å²) in [5.41, 5.74) is 4.88. The van der Waals surface area contributed by atoms with Crippen molar-refractivity contribution in [3.63, 3.8) is 0 Å². The number of anilines is 3. The van der Waals surface area contributed by atoms with E-state index in [1.165, 1.54) is 5.56 Å². The highest BCUT2D eigenvalue weighted by Crippen LogP contribution is 2.39. The van der Waals surface area contributed by atoms with Crippen LogP contribution in [0.1, 0.15) is 12.5 Å². The van der Waals surface area contributed by atoms with Crippen LogP contribution in [0.5, 0.6) is 0 Å². The van der Waals surface area contributed by atoms with E-state index in [1.54, 1.807) is 6.20 Å². The Morgan fingerprint density at radius 3 is 3.00 bits per heavy atom. The standard InChI is InChI=1S/C13H14ClN5/c1-8-6-9-4-2-3-5-11(9)19(8)12-10(14)7-16-13(17-12)18-15/h2-5,7-8H,6,15H2,1H3,(H,16,17,18). The maximum absolute atomic E-state index is 6.23. The number of halogens is 1. The maximum atomic E-state index is 6.23. The van der Waals surface area contributed by atoms with Gasteiger partial charge in [0.05, 0.1) is 6.20 Å². The number of para-hydroxylation sites is 1. The van der Waals surface area contributed by atoms with Crippen molar-refractivity contribution < 1.29 is 0 Å². The molecule has 98 valence electrons. The van der Waals surface area contributed by atoms with Crippen LogP contribution in [0.3, 0.4) is 0 Å². The molecule has 1 aliphatic rings. The lowest BCUT2D eigenvalue weighted by Crippen LogP contribution is -2.26. The number of nitrogens with zero attached hydrogens (tertiary/aromatic N) is 3. The maximum Gasteiger partial charge on any atom is 0.239 e. The average Bonchev–Trinajstić information content (AvgIpc) is 2.75. The van der Waals surface area contributed by atoms with Crippen molar-refractivity contribution in [1.82, 2.24) is 9.97 Å². The highest BCUT2D eigenvalue weighted by molar-refractivity contribution is 6.33. The van der Waals surface area contributed by atoms with Crippen molar-refractivity contribution in [3.05, 3.63) is 41.0 Å². The van der Waals surface area contributed by atoms with Crippen molar-refractivity contribution >= 4 is 29.1 Å². The number of hydrazine groups is 1. The molecule has 6 heteroatoms. The third kappa shape index (κ3) is 2.01. The van der Waals surface area contributed by atoms with E-state index in [1.807, 2.05) is 12.1 Å². The molecule has 0 saturated carbocycles. The van der Waals surface area contributed by atoms with Crippen LogP contribution in [-0.4, -0.2) is 16.0 Å². The molecular weight excluding hydrogens is 262 g/mol. The zero-order valence-electron chi connectivity index (χ0n) is 10.5. The molecule has 0 saturated heterocycles. The number of nitrogens with two attached hydrogens (primary N) is 1. The predicted molar refractivity (Wildman–Crippen MR) is 76.6 cm³/mol. The molecule has 0 aliphatic carbocycles. The van der Waals surface area contributed by atoms with Crippen LogP contribution in [-0.2, 0) is 6.42 Å². The molecule has 0 spiro atoms. The monoisotopic (exact) mass is 275 g/mol. The molecule has 0 fully saturated rings. The summed E-state index contributed by atoms with van der Waals surface area (Å²) >= 11 is 6.23. The quantitative estimate of drug-likeness (QED) is 0.651. The first-order chi connectivity index (χ1) is 9.20. The molecule has 1 atom stereocenters. The summed E-state index contributed by atoms with van der Waals surface area (Å²) in [5, 5.41) is 0.516. The van der Waals surface area contributed by atoms with Gasteiger partial charge in [-0.3, -0.25) is 5.43 Å². The molecule has 19 heavy (non-hydrogen) atoms. The fraction of sp³-hybridized carbons (Fsp3) is 0.231. The molecule has 2 heterocycles. The lowest BCUT2D eigenvalue weighted by atomic mass is 10.1. The van der Waals surface area contributed by atoms with Crippen molar-refractivity contribution in [2.75, 3.05) is 10.3 Å². The van der Waals surface area contributed by atoms with Gasteiger partial charge in [-0.15, -0.1) is 0 Å². The molecule has 0 amide bonds. The first-order valence-corrected chi connectivity index (χ1v) is 6.45. The Morgan fingerprint density at radius 1 is 1.42 bits per heavy atom. The number of fused-ring (bicyclic) bond motifs is 1. The zero-order valence-corrected chi connectivity index (χ0v) is 11.2. The minimum absolute atomic E-state index is 0.301. The van der Waals surface area contributed by atoms with Gasteiger partial charge in [-0.05, 0) is 25.0 Å². The van der Waals surface area contributed by atoms with E-state index in [9.17, 15) is 0 Å². The van der Waals surface area contributed by atoms with Crippen LogP contribution in [0, 0.1) is 0 Å². The Balaban J connectivity index is 2.12. The van der Waals surface area contributed by atoms with Crippen molar-refractivity contribution in [2.45, 2.75) is 19.4 Å². The smallest absolute Gasteiger partial charge is 0.239 e. The first kappa shape index (κ1) is 12.2.